The van der Waals surface area contributed by atoms with Crippen molar-refractivity contribution in [2.24, 2.45) is 11.8 Å². The molecule has 1 fully saturated rings. The number of hydrogen-bond donors (Lipinski definition) is 4. The summed E-state index contributed by atoms with van der Waals surface area (Å²) in [4.78, 5) is 27.3. The van der Waals surface area contributed by atoms with E-state index in [0.717, 1.165) is 41.1 Å². The summed E-state index contributed by atoms with van der Waals surface area (Å²) in [6.45, 7) is 11.1. The Morgan fingerprint density at radius 3 is 2.54 bits per heavy atom. The first kappa shape index (κ1) is 28.0. The van der Waals surface area contributed by atoms with Crippen molar-refractivity contribution in [2.75, 3.05) is 19.1 Å². The summed E-state index contributed by atoms with van der Waals surface area (Å²) in [5.41, 5.74) is 7.77. The number of nitrogens with zero attached hydrogens (tertiary/aromatic N) is 2. The number of amides is 1. The highest BCUT2D eigenvalue weighted by molar-refractivity contribution is 5.92. The number of anilines is 1. The topological polar surface area (TPSA) is 112 Å². The van der Waals surface area contributed by atoms with Gasteiger partial charge in [0.15, 0.2) is 0 Å². The van der Waals surface area contributed by atoms with E-state index in [0.29, 0.717) is 24.0 Å². The summed E-state index contributed by atoms with van der Waals surface area (Å²) >= 11 is 0. The van der Waals surface area contributed by atoms with E-state index in [4.69, 9.17) is 10.2 Å². The number of rotatable bonds is 9. The van der Waals surface area contributed by atoms with Crippen LogP contribution < -0.4 is 16.1 Å². The Bertz CT molecular complexity index is 979. The van der Waals surface area contributed by atoms with Crippen molar-refractivity contribution in [1.29, 1.82) is 5.41 Å². The first-order valence-corrected chi connectivity index (χ1v) is 12.2. The van der Waals surface area contributed by atoms with Crippen molar-refractivity contribution in [3.8, 4) is 11.1 Å². The predicted octanol–water partition coefficient (Wildman–Crippen LogP) is 5.30. The van der Waals surface area contributed by atoms with E-state index >= 15 is 0 Å². The van der Waals surface area contributed by atoms with Crippen LogP contribution in [-0.4, -0.2) is 42.3 Å². The third-order valence-electron chi connectivity index (χ3n) is 6.50. The Morgan fingerprint density at radius 2 is 1.94 bits per heavy atom. The number of pyridine rings is 2. The largest absolute Gasteiger partial charge is 0.384 e. The molecule has 0 aromatic carbocycles. The fourth-order valence-electron chi connectivity index (χ4n) is 4.38. The first-order valence-electron chi connectivity index (χ1n) is 12.2. The number of hydrogen-bond acceptors (Lipinski definition) is 7. The third kappa shape index (κ3) is 8.17. The van der Waals surface area contributed by atoms with E-state index in [9.17, 15) is 4.79 Å². The van der Waals surface area contributed by atoms with Crippen molar-refractivity contribution < 1.29 is 12.5 Å². The summed E-state index contributed by atoms with van der Waals surface area (Å²) in [7, 11) is 1.76. The molecule has 0 aliphatic heterocycles. The van der Waals surface area contributed by atoms with Crippen LogP contribution in [0, 0.1) is 31.1 Å². The number of allylic oxidation sites excluding steroid dienone is 1. The molecule has 194 valence electrons. The van der Waals surface area contributed by atoms with Gasteiger partial charge in [0.1, 0.15) is 5.82 Å². The van der Waals surface area contributed by atoms with E-state index in [1.807, 2.05) is 45.3 Å². The average molecular weight is 485 g/mol. The second kappa shape index (κ2) is 14.2. The monoisotopic (exact) mass is 484 g/mol. The van der Waals surface area contributed by atoms with Gasteiger partial charge in [0.2, 0.25) is 0 Å². The molecule has 1 atom stereocenters. The van der Waals surface area contributed by atoms with E-state index in [1.165, 1.54) is 12.8 Å². The molecular formula is C27H44N6O2. The van der Waals surface area contributed by atoms with Gasteiger partial charge in [-0.2, -0.15) is 0 Å². The molecule has 0 radical (unpaired) electrons. The van der Waals surface area contributed by atoms with Crippen LogP contribution >= 0.6 is 0 Å². The van der Waals surface area contributed by atoms with E-state index in [1.54, 1.807) is 13.1 Å². The number of aryl methyl sites for hydroxylation is 2. The molecule has 8 heteroatoms. The van der Waals surface area contributed by atoms with E-state index in [2.05, 4.69) is 45.8 Å². The molecule has 2 aromatic heterocycles. The van der Waals surface area contributed by atoms with Gasteiger partial charge in [0, 0.05) is 33.6 Å². The molecule has 0 bridgehead atoms. The van der Waals surface area contributed by atoms with Gasteiger partial charge in [-0.25, -0.2) is 10.5 Å². The first-order chi connectivity index (χ1) is 16.9. The number of carbonyl (C=O) groups excluding carboxylic acids is 1. The maximum Gasteiger partial charge on any atom is 0.267 e. The minimum absolute atomic E-state index is 0. The molecule has 8 nitrogen and oxygen atoms in total. The lowest BCUT2D eigenvalue weighted by molar-refractivity contribution is -0.119. The highest BCUT2D eigenvalue weighted by atomic mass is 16.6. The maximum atomic E-state index is 12.6. The van der Waals surface area contributed by atoms with Crippen LogP contribution in [0.5, 0.6) is 0 Å². The molecule has 0 unspecified atom stereocenters. The molecule has 1 saturated carbocycles. The third-order valence-corrected chi connectivity index (χ3v) is 6.50. The van der Waals surface area contributed by atoms with Crippen molar-refractivity contribution in [3.63, 3.8) is 0 Å². The van der Waals surface area contributed by atoms with Crippen molar-refractivity contribution >= 4 is 18.4 Å². The Labute approximate surface area is 212 Å². The molecule has 0 saturated heterocycles. The molecule has 4 N–H and O–H groups in total. The quantitative estimate of drug-likeness (QED) is 0.218. The average Bonchev–Trinajstić information content (AvgIpc) is 2.88. The van der Waals surface area contributed by atoms with Crippen molar-refractivity contribution in [3.05, 3.63) is 53.6 Å². The van der Waals surface area contributed by atoms with Gasteiger partial charge >= 0.3 is 0 Å². The van der Waals surface area contributed by atoms with Gasteiger partial charge < -0.3 is 16.0 Å². The summed E-state index contributed by atoms with van der Waals surface area (Å²) < 4.78 is 0. The number of likely N-dealkylation sites (N-methyl/N-ethyl adjacent to an activating group) is 1. The van der Waals surface area contributed by atoms with E-state index < -0.39 is 0 Å². The SMILES string of the molecule is C/C=C(\NC)C(=O)N[C@H](CONc1ccc(-c2cc(C)ncc2C)cn1)C1CCC(C)CC1.C=N.[HH].[HH]. The Hall–Kier alpha value is -3.26. The second-order valence-corrected chi connectivity index (χ2v) is 9.04. The molecular weight excluding hydrogens is 440 g/mol. The summed E-state index contributed by atoms with van der Waals surface area (Å²) in [6.07, 6.45) is 10.1. The number of nitrogens with one attached hydrogen (secondary N) is 4. The van der Waals surface area contributed by atoms with Gasteiger partial charge in [-0.1, -0.05) is 25.8 Å². The van der Waals surface area contributed by atoms with Crippen LogP contribution in [0.2, 0.25) is 0 Å². The molecule has 3 rings (SSSR count). The number of carbonyl (C=O) groups is 1. The zero-order valence-corrected chi connectivity index (χ0v) is 21.6. The smallest absolute Gasteiger partial charge is 0.267 e. The highest BCUT2D eigenvalue weighted by Crippen LogP contribution is 2.31. The minimum Gasteiger partial charge on any atom is -0.384 e. The van der Waals surface area contributed by atoms with Crippen LogP contribution in [0.15, 0.2) is 42.4 Å². The van der Waals surface area contributed by atoms with Gasteiger partial charge in [-0.05, 0) is 81.5 Å². The molecule has 35 heavy (non-hydrogen) atoms. The van der Waals surface area contributed by atoms with Crippen LogP contribution in [0.3, 0.4) is 0 Å². The number of aromatic nitrogens is 2. The zero-order chi connectivity index (χ0) is 25.8. The van der Waals surface area contributed by atoms with Crippen LogP contribution in [0.25, 0.3) is 11.1 Å². The molecule has 2 aromatic rings. The van der Waals surface area contributed by atoms with E-state index in [-0.39, 0.29) is 14.8 Å². The lowest BCUT2D eigenvalue weighted by atomic mass is 9.79. The zero-order valence-electron chi connectivity index (χ0n) is 21.6. The normalized spacial score (nSPS) is 18.6. The molecule has 1 aliphatic carbocycles. The summed E-state index contributed by atoms with van der Waals surface area (Å²) in [6, 6.07) is 5.92. The second-order valence-electron chi connectivity index (χ2n) is 9.04. The molecule has 0 spiro atoms. The fraction of sp³-hybridized carbons (Fsp3) is 0.481. The van der Waals surface area contributed by atoms with Gasteiger partial charge in [-0.3, -0.25) is 14.6 Å². The Kier molecular flexibility index (Phi) is 11.4. The highest BCUT2D eigenvalue weighted by Gasteiger charge is 2.28. The minimum atomic E-state index is -0.0993. The standard InChI is InChI=1S/C26H37N5O2.CH3N.2H2/c1-6-23(27-5)26(32)30-24(20-9-7-17(2)8-10-20)16-33-31-25-12-11-21(15-29-25)22-13-19(4)28-14-18(22)3;1-2;;/h6,11-15,17,20,24,27H,7-10,16H2,1-5H3,(H,29,31)(H,30,32);2H,1H2;2*1H/b23-6-;;;/t17?,20?,24-;;;/m1.../s1. The predicted molar refractivity (Wildman–Crippen MR) is 146 cm³/mol. The lowest BCUT2D eigenvalue weighted by Crippen LogP contribution is -2.46. The lowest BCUT2D eigenvalue weighted by Gasteiger charge is -2.33. The van der Waals surface area contributed by atoms with Crippen molar-refractivity contribution in [2.45, 2.75) is 59.4 Å². The van der Waals surface area contributed by atoms with Crippen LogP contribution in [0.4, 0.5) is 5.82 Å². The Balaban J connectivity index is 0.00000316. The molecule has 1 aliphatic rings. The summed E-state index contributed by atoms with van der Waals surface area (Å²) in [5, 5.41) is 11.6. The van der Waals surface area contributed by atoms with Gasteiger partial charge in [0.05, 0.1) is 18.3 Å². The maximum absolute atomic E-state index is 12.6. The van der Waals surface area contributed by atoms with Crippen molar-refractivity contribution in [1.82, 2.24) is 20.6 Å². The Morgan fingerprint density at radius 1 is 1.23 bits per heavy atom. The van der Waals surface area contributed by atoms with Gasteiger partial charge in [0.25, 0.3) is 5.91 Å². The molecule has 2 heterocycles. The fourth-order valence-corrected chi connectivity index (χ4v) is 4.38. The van der Waals surface area contributed by atoms with Crippen LogP contribution in [-0.2, 0) is 9.63 Å². The molecule has 1 amide bonds. The summed E-state index contributed by atoms with van der Waals surface area (Å²) in [5.74, 6) is 1.68. The van der Waals surface area contributed by atoms with Gasteiger partial charge in [-0.15, -0.1) is 0 Å². The van der Waals surface area contributed by atoms with Crippen LogP contribution in [0.1, 0.15) is 53.6 Å².